The second kappa shape index (κ2) is 6.42. The molecule has 2 aromatic rings. The van der Waals surface area contributed by atoms with Gasteiger partial charge in [-0.2, -0.15) is 0 Å². The minimum Gasteiger partial charge on any atom is -0.495 e. The van der Waals surface area contributed by atoms with Crippen molar-refractivity contribution < 1.29 is 14.3 Å². The number of rotatable bonds is 4. The monoisotopic (exact) mass is 330 g/mol. The standard InChI is InChI=1S/C17H18N2O3S/c1-10(20)18-12-6-7-14(22-2)13(9-12)19-17(21)16-8-11-4-3-5-15(11)23-16/h6-9H,3-5H2,1-2H3,(H,18,20)(H,19,21). The van der Waals surface area contributed by atoms with E-state index in [1.807, 2.05) is 6.07 Å². The van der Waals surface area contributed by atoms with Gasteiger partial charge in [-0.1, -0.05) is 0 Å². The summed E-state index contributed by atoms with van der Waals surface area (Å²) < 4.78 is 5.28. The minimum absolute atomic E-state index is 0.150. The Kier molecular flexibility index (Phi) is 4.34. The molecule has 1 aliphatic carbocycles. The van der Waals surface area contributed by atoms with Crippen LogP contribution in [0, 0.1) is 0 Å². The number of ether oxygens (including phenoxy) is 1. The van der Waals surface area contributed by atoms with E-state index in [4.69, 9.17) is 4.74 Å². The van der Waals surface area contributed by atoms with Crippen LogP contribution in [0.1, 0.15) is 33.5 Å². The number of aryl methyl sites for hydroxylation is 2. The van der Waals surface area contributed by atoms with Gasteiger partial charge in [0.1, 0.15) is 5.75 Å². The Morgan fingerprint density at radius 1 is 1.17 bits per heavy atom. The first kappa shape index (κ1) is 15.6. The maximum absolute atomic E-state index is 12.5. The first-order chi connectivity index (χ1) is 11.1. The molecule has 0 spiro atoms. The molecule has 0 unspecified atom stereocenters. The highest BCUT2D eigenvalue weighted by molar-refractivity contribution is 7.14. The lowest BCUT2D eigenvalue weighted by molar-refractivity contribution is -0.114. The Morgan fingerprint density at radius 3 is 2.70 bits per heavy atom. The van der Waals surface area contributed by atoms with Crippen molar-refractivity contribution in [1.82, 2.24) is 0 Å². The van der Waals surface area contributed by atoms with Gasteiger partial charge in [-0.3, -0.25) is 9.59 Å². The Hall–Kier alpha value is -2.34. The average molecular weight is 330 g/mol. The zero-order valence-electron chi connectivity index (χ0n) is 13.1. The highest BCUT2D eigenvalue weighted by Gasteiger charge is 2.19. The summed E-state index contributed by atoms with van der Waals surface area (Å²) in [5.41, 5.74) is 2.44. The molecular weight excluding hydrogens is 312 g/mol. The van der Waals surface area contributed by atoms with Crippen molar-refractivity contribution in [1.29, 1.82) is 0 Å². The lowest BCUT2D eigenvalue weighted by Crippen LogP contribution is -2.12. The predicted octanol–water partition coefficient (Wildman–Crippen LogP) is 3.46. The molecule has 3 rings (SSSR count). The molecule has 0 bridgehead atoms. The van der Waals surface area contributed by atoms with Crippen molar-refractivity contribution in [3.05, 3.63) is 39.6 Å². The number of methoxy groups -OCH3 is 1. The largest absolute Gasteiger partial charge is 0.495 e. The summed E-state index contributed by atoms with van der Waals surface area (Å²) in [5, 5.41) is 5.57. The van der Waals surface area contributed by atoms with Gasteiger partial charge in [0.15, 0.2) is 0 Å². The summed E-state index contributed by atoms with van der Waals surface area (Å²) in [6, 6.07) is 7.12. The van der Waals surface area contributed by atoms with E-state index in [9.17, 15) is 9.59 Å². The van der Waals surface area contributed by atoms with Crippen LogP contribution in [0.25, 0.3) is 0 Å². The number of hydrogen-bond acceptors (Lipinski definition) is 4. The Morgan fingerprint density at radius 2 is 2.00 bits per heavy atom. The number of benzene rings is 1. The van der Waals surface area contributed by atoms with Crippen LogP contribution < -0.4 is 15.4 Å². The second-order valence-corrected chi connectivity index (χ2v) is 6.60. The van der Waals surface area contributed by atoms with Gasteiger partial charge in [0.25, 0.3) is 5.91 Å². The lowest BCUT2D eigenvalue weighted by atomic mass is 10.2. The molecule has 0 atom stereocenters. The predicted molar refractivity (Wildman–Crippen MR) is 91.6 cm³/mol. The van der Waals surface area contributed by atoms with Gasteiger partial charge in [-0.05, 0) is 49.1 Å². The first-order valence-corrected chi connectivity index (χ1v) is 8.27. The van der Waals surface area contributed by atoms with Crippen LogP contribution >= 0.6 is 11.3 Å². The zero-order valence-corrected chi connectivity index (χ0v) is 13.9. The topological polar surface area (TPSA) is 67.4 Å². The summed E-state index contributed by atoms with van der Waals surface area (Å²) in [5.74, 6) is 0.237. The molecule has 5 nitrogen and oxygen atoms in total. The molecule has 120 valence electrons. The number of amides is 2. The molecule has 0 fully saturated rings. The van der Waals surface area contributed by atoms with E-state index in [0.717, 1.165) is 12.8 Å². The Balaban J connectivity index is 1.82. The van der Waals surface area contributed by atoms with Crippen molar-refractivity contribution in [2.45, 2.75) is 26.2 Å². The first-order valence-electron chi connectivity index (χ1n) is 7.45. The highest BCUT2D eigenvalue weighted by Crippen LogP contribution is 2.32. The number of carbonyl (C=O) groups excluding carboxylic acids is 2. The fourth-order valence-corrected chi connectivity index (χ4v) is 3.86. The normalized spacial score (nSPS) is 12.6. The van der Waals surface area contributed by atoms with E-state index in [1.54, 1.807) is 36.6 Å². The summed E-state index contributed by atoms with van der Waals surface area (Å²) >= 11 is 1.56. The number of hydrogen-bond donors (Lipinski definition) is 2. The summed E-state index contributed by atoms with van der Waals surface area (Å²) in [7, 11) is 1.54. The SMILES string of the molecule is COc1ccc(NC(C)=O)cc1NC(=O)c1cc2c(s1)CCC2. The number of thiophene rings is 1. The Labute approximate surface area is 138 Å². The number of nitrogens with one attached hydrogen (secondary N) is 2. The number of fused-ring (bicyclic) bond motifs is 1. The molecular formula is C17H18N2O3S. The van der Waals surface area contributed by atoms with Gasteiger partial charge >= 0.3 is 0 Å². The Bertz CT molecular complexity index is 746. The van der Waals surface area contributed by atoms with Crippen molar-refractivity contribution in [3.63, 3.8) is 0 Å². The average Bonchev–Trinajstić information content (AvgIpc) is 3.08. The molecule has 1 heterocycles. The van der Waals surface area contributed by atoms with Gasteiger partial charge in [-0.25, -0.2) is 0 Å². The molecule has 1 aliphatic rings. The molecule has 1 aromatic heterocycles. The van der Waals surface area contributed by atoms with Gasteiger partial charge in [0, 0.05) is 17.5 Å². The zero-order chi connectivity index (χ0) is 16.4. The number of carbonyl (C=O) groups is 2. The third-order valence-electron chi connectivity index (χ3n) is 3.74. The fraction of sp³-hybridized carbons (Fsp3) is 0.294. The molecule has 2 N–H and O–H groups in total. The van der Waals surface area contributed by atoms with E-state index in [-0.39, 0.29) is 11.8 Å². The van der Waals surface area contributed by atoms with Crippen molar-refractivity contribution in [2.75, 3.05) is 17.7 Å². The molecule has 0 saturated carbocycles. The maximum Gasteiger partial charge on any atom is 0.265 e. The van der Waals surface area contributed by atoms with E-state index < -0.39 is 0 Å². The third-order valence-corrected chi connectivity index (χ3v) is 4.97. The van der Waals surface area contributed by atoms with Crippen LogP contribution in [0.4, 0.5) is 11.4 Å². The van der Waals surface area contributed by atoms with Crippen LogP contribution in [-0.4, -0.2) is 18.9 Å². The van der Waals surface area contributed by atoms with Crippen LogP contribution in [0.3, 0.4) is 0 Å². The van der Waals surface area contributed by atoms with E-state index in [0.29, 0.717) is 22.0 Å². The van der Waals surface area contributed by atoms with Gasteiger partial charge in [0.05, 0.1) is 17.7 Å². The maximum atomic E-state index is 12.5. The smallest absolute Gasteiger partial charge is 0.265 e. The van der Waals surface area contributed by atoms with Crippen LogP contribution in [0.2, 0.25) is 0 Å². The number of anilines is 2. The van der Waals surface area contributed by atoms with E-state index in [1.165, 1.54) is 23.8 Å². The van der Waals surface area contributed by atoms with Crippen LogP contribution in [0.5, 0.6) is 5.75 Å². The molecule has 0 radical (unpaired) electrons. The second-order valence-electron chi connectivity index (χ2n) is 5.46. The van der Waals surface area contributed by atoms with Gasteiger partial charge in [-0.15, -0.1) is 11.3 Å². The molecule has 2 amide bonds. The van der Waals surface area contributed by atoms with Crippen molar-refractivity contribution >= 4 is 34.5 Å². The van der Waals surface area contributed by atoms with Crippen molar-refractivity contribution in [2.24, 2.45) is 0 Å². The highest BCUT2D eigenvalue weighted by atomic mass is 32.1. The van der Waals surface area contributed by atoms with E-state index in [2.05, 4.69) is 10.6 Å². The molecule has 6 heteroatoms. The molecule has 23 heavy (non-hydrogen) atoms. The molecule has 0 saturated heterocycles. The molecule has 1 aromatic carbocycles. The van der Waals surface area contributed by atoms with E-state index >= 15 is 0 Å². The minimum atomic E-state index is -0.165. The third kappa shape index (κ3) is 3.37. The van der Waals surface area contributed by atoms with Crippen molar-refractivity contribution in [3.8, 4) is 5.75 Å². The van der Waals surface area contributed by atoms with Gasteiger partial charge in [0.2, 0.25) is 5.91 Å². The summed E-state index contributed by atoms with van der Waals surface area (Å²) in [4.78, 5) is 25.7. The van der Waals surface area contributed by atoms with Gasteiger partial charge < -0.3 is 15.4 Å². The quantitative estimate of drug-likeness (QED) is 0.902. The lowest BCUT2D eigenvalue weighted by Gasteiger charge is -2.12. The molecule has 0 aliphatic heterocycles. The summed E-state index contributed by atoms with van der Waals surface area (Å²) in [6.07, 6.45) is 3.30. The fourth-order valence-electron chi connectivity index (χ4n) is 2.71. The van der Waals surface area contributed by atoms with Crippen LogP contribution in [0.15, 0.2) is 24.3 Å². The van der Waals surface area contributed by atoms with Crippen LogP contribution in [-0.2, 0) is 17.6 Å². The summed E-state index contributed by atoms with van der Waals surface area (Å²) in [6.45, 7) is 1.44.